The molecule has 33 heavy (non-hydrogen) atoms. The number of anilines is 1. The molecule has 0 radical (unpaired) electrons. The lowest BCUT2D eigenvalue weighted by molar-refractivity contribution is 0.0308. The van der Waals surface area contributed by atoms with Gasteiger partial charge >= 0.3 is 12.1 Å². The van der Waals surface area contributed by atoms with Crippen LogP contribution in [0.5, 0.6) is 0 Å². The molecule has 1 aliphatic carbocycles. The monoisotopic (exact) mass is 512 g/mol. The van der Waals surface area contributed by atoms with Crippen LogP contribution in [0.2, 0.25) is 0 Å². The lowest BCUT2D eigenvalue weighted by atomic mass is 10.1. The van der Waals surface area contributed by atoms with Gasteiger partial charge in [-0.25, -0.2) is 9.59 Å². The molecule has 1 saturated carbocycles. The Hall–Kier alpha value is -2.80. The molecule has 0 spiro atoms. The summed E-state index contributed by atoms with van der Waals surface area (Å²) in [5.41, 5.74) is 2.78. The molecular formula is C26H29BrN2O4. The van der Waals surface area contributed by atoms with Crippen molar-refractivity contribution < 1.29 is 19.1 Å². The quantitative estimate of drug-likeness (QED) is 0.376. The maximum atomic E-state index is 13.3. The third-order valence-electron chi connectivity index (χ3n) is 5.67. The first-order valence-corrected chi connectivity index (χ1v) is 12.0. The number of aryl methyl sites for hydroxylation is 1. The molecule has 1 heterocycles. The summed E-state index contributed by atoms with van der Waals surface area (Å²) in [6, 6.07) is 13.3. The van der Waals surface area contributed by atoms with Gasteiger partial charge in [0.25, 0.3) is 0 Å². The fourth-order valence-electron chi connectivity index (χ4n) is 4.27. The van der Waals surface area contributed by atoms with Crippen molar-refractivity contribution in [2.75, 3.05) is 5.32 Å². The molecule has 1 N–H and O–H groups in total. The number of aromatic nitrogens is 1. The Labute approximate surface area is 202 Å². The van der Waals surface area contributed by atoms with Crippen LogP contribution < -0.4 is 5.32 Å². The Balaban J connectivity index is 1.84. The van der Waals surface area contributed by atoms with Crippen LogP contribution in [0.4, 0.5) is 10.5 Å². The minimum Gasteiger partial charge on any atom is -0.458 e. The van der Waals surface area contributed by atoms with Gasteiger partial charge in [-0.2, -0.15) is 0 Å². The van der Waals surface area contributed by atoms with Gasteiger partial charge < -0.3 is 14.0 Å². The normalized spacial score (nSPS) is 14.5. The van der Waals surface area contributed by atoms with Crippen molar-refractivity contribution in [3.05, 3.63) is 58.2 Å². The van der Waals surface area contributed by atoms with Crippen LogP contribution in [0.15, 0.2) is 46.9 Å². The van der Waals surface area contributed by atoms with Gasteiger partial charge in [-0.3, -0.25) is 5.32 Å². The van der Waals surface area contributed by atoms with E-state index in [-0.39, 0.29) is 12.1 Å². The summed E-state index contributed by atoms with van der Waals surface area (Å²) in [5, 5.41) is 3.76. The van der Waals surface area contributed by atoms with Gasteiger partial charge in [0.15, 0.2) is 0 Å². The van der Waals surface area contributed by atoms with E-state index in [1.165, 1.54) is 0 Å². The summed E-state index contributed by atoms with van der Waals surface area (Å²) in [5.74, 6) is -0.364. The Morgan fingerprint density at radius 2 is 1.79 bits per heavy atom. The molecule has 0 bridgehead atoms. The van der Waals surface area contributed by atoms with Crippen LogP contribution in [-0.2, 0) is 9.47 Å². The van der Waals surface area contributed by atoms with E-state index in [9.17, 15) is 9.59 Å². The number of amides is 1. The fraction of sp³-hybridized carbons (Fsp3) is 0.385. The van der Waals surface area contributed by atoms with Gasteiger partial charge in [0, 0.05) is 9.86 Å². The summed E-state index contributed by atoms with van der Waals surface area (Å²) >= 11 is 3.61. The maximum absolute atomic E-state index is 13.3. The Morgan fingerprint density at radius 3 is 2.48 bits per heavy atom. The van der Waals surface area contributed by atoms with E-state index < -0.39 is 11.7 Å². The molecule has 1 fully saturated rings. The van der Waals surface area contributed by atoms with E-state index >= 15 is 0 Å². The number of rotatable bonds is 4. The molecule has 6 nitrogen and oxygen atoms in total. The summed E-state index contributed by atoms with van der Waals surface area (Å²) in [7, 11) is 0. The molecule has 1 aliphatic rings. The number of hydrogen-bond donors (Lipinski definition) is 1. The standard InChI is InChI=1S/C26H29BrN2O4/c1-16-9-7-13-20(28-25(31)33-26(2,3)4)23(16)29-21-14-8-12-19(27)18(21)15-22(29)24(30)32-17-10-5-6-11-17/h7-9,12-15,17H,5-6,10-11H2,1-4H3,(H,28,31). The average Bonchev–Trinajstić information content (AvgIpc) is 3.35. The second-order valence-electron chi connectivity index (χ2n) is 9.45. The molecule has 0 aliphatic heterocycles. The highest BCUT2D eigenvalue weighted by molar-refractivity contribution is 9.10. The highest BCUT2D eigenvalue weighted by atomic mass is 79.9. The first kappa shape index (κ1) is 23.4. The summed E-state index contributed by atoms with van der Waals surface area (Å²) < 4.78 is 14.1. The van der Waals surface area contributed by atoms with Gasteiger partial charge in [0.05, 0.1) is 16.9 Å². The number of fused-ring (bicyclic) bond motifs is 1. The third kappa shape index (κ3) is 5.08. The van der Waals surface area contributed by atoms with Crippen LogP contribution in [0.25, 0.3) is 16.6 Å². The number of nitrogens with zero attached hydrogens (tertiary/aromatic N) is 1. The number of carbonyl (C=O) groups is 2. The number of ether oxygens (including phenoxy) is 2. The SMILES string of the molecule is Cc1cccc(NC(=O)OC(C)(C)C)c1-n1c(C(=O)OC2CCCC2)cc2c(Br)cccc21. The summed E-state index contributed by atoms with van der Waals surface area (Å²) in [6.45, 7) is 7.40. The van der Waals surface area contributed by atoms with Crippen molar-refractivity contribution in [3.63, 3.8) is 0 Å². The van der Waals surface area contributed by atoms with Crippen LogP contribution in [-0.4, -0.2) is 28.3 Å². The van der Waals surface area contributed by atoms with E-state index in [0.29, 0.717) is 17.1 Å². The zero-order valence-corrected chi connectivity index (χ0v) is 21.0. The predicted octanol–water partition coefficient (Wildman–Crippen LogP) is 7.15. The number of halogens is 1. The van der Waals surface area contributed by atoms with E-state index in [0.717, 1.165) is 46.6 Å². The molecule has 2 aromatic carbocycles. The third-order valence-corrected chi connectivity index (χ3v) is 6.37. The van der Waals surface area contributed by atoms with Gasteiger partial charge in [-0.05, 0) is 83.2 Å². The van der Waals surface area contributed by atoms with Crippen LogP contribution in [0, 0.1) is 6.92 Å². The van der Waals surface area contributed by atoms with Gasteiger partial charge in [0.2, 0.25) is 0 Å². The number of para-hydroxylation sites is 1. The first-order valence-electron chi connectivity index (χ1n) is 11.2. The molecule has 4 rings (SSSR count). The molecule has 3 aromatic rings. The second-order valence-corrected chi connectivity index (χ2v) is 10.3. The highest BCUT2D eigenvalue weighted by Crippen LogP contribution is 2.35. The summed E-state index contributed by atoms with van der Waals surface area (Å²) in [6.07, 6.45) is 3.34. The smallest absolute Gasteiger partial charge is 0.412 e. The van der Waals surface area contributed by atoms with Crippen molar-refractivity contribution in [2.24, 2.45) is 0 Å². The van der Waals surface area contributed by atoms with Gasteiger partial charge in [-0.15, -0.1) is 0 Å². The van der Waals surface area contributed by atoms with E-state index in [1.54, 1.807) is 0 Å². The lowest BCUT2D eigenvalue weighted by Gasteiger charge is -2.22. The molecule has 0 saturated heterocycles. The Morgan fingerprint density at radius 1 is 1.09 bits per heavy atom. The number of nitrogens with one attached hydrogen (secondary N) is 1. The molecule has 0 unspecified atom stereocenters. The minimum atomic E-state index is -0.630. The molecule has 1 amide bonds. The van der Waals surface area contributed by atoms with Crippen LogP contribution >= 0.6 is 15.9 Å². The van der Waals surface area contributed by atoms with Gasteiger partial charge in [-0.1, -0.05) is 34.1 Å². The topological polar surface area (TPSA) is 69.6 Å². The van der Waals surface area contributed by atoms with Crippen LogP contribution in [0.3, 0.4) is 0 Å². The summed E-state index contributed by atoms with van der Waals surface area (Å²) in [4.78, 5) is 25.9. The van der Waals surface area contributed by atoms with Crippen molar-refractivity contribution in [1.82, 2.24) is 4.57 Å². The first-order chi connectivity index (χ1) is 15.6. The molecule has 174 valence electrons. The lowest BCUT2D eigenvalue weighted by Crippen LogP contribution is -2.27. The zero-order valence-electron chi connectivity index (χ0n) is 19.4. The van der Waals surface area contributed by atoms with Crippen molar-refractivity contribution in [3.8, 4) is 5.69 Å². The maximum Gasteiger partial charge on any atom is 0.412 e. The number of hydrogen-bond acceptors (Lipinski definition) is 4. The highest BCUT2D eigenvalue weighted by Gasteiger charge is 2.27. The predicted molar refractivity (Wildman–Crippen MR) is 133 cm³/mol. The fourth-order valence-corrected chi connectivity index (χ4v) is 4.74. The number of esters is 1. The largest absolute Gasteiger partial charge is 0.458 e. The van der Waals surface area contributed by atoms with E-state index in [4.69, 9.17) is 9.47 Å². The molecular weight excluding hydrogens is 484 g/mol. The average molecular weight is 513 g/mol. The van der Waals surface area contributed by atoms with Crippen LogP contribution in [0.1, 0.15) is 62.5 Å². The van der Waals surface area contributed by atoms with E-state index in [2.05, 4.69) is 21.2 Å². The van der Waals surface area contributed by atoms with Crippen molar-refractivity contribution >= 4 is 44.6 Å². The Bertz CT molecular complexity index is 1200. The second kappa shape index (κ2) is 9.21. The van der Waals surface area contributed by atoms with E-state index in [1.807, 2.05) is 74.7 Å². The molecule has 7 heteroatoms. The number of benzene rings is 2. The molecule has 0 atom stereocenters. The van der Waals surface area contributed by atoms with Crippen molar-refractivity contribution in [1.29, 1.82) is 0 Å². The van der Waals surface area contributed by atoms with Gasteiger partial charge in [0.1, 0.15) is 17.4 Å². The Kier molecular flexibility index (Phi) is 6.52. The van der Waals surface area contributed by atoms with Crippen molar-refractivity contribution in [2.45, 2.75) is 65.1 Å². The number of carbonyl (C=O) groups excluding carboxylic acids is 2. The molecule has 1 aromatic heterocycles. The minimum absolute atomic E-state index is 0.0522. The zero-order chi connectivity index (χ0) is 23.8.